The van der Waals surface area contributed by atoms with Crippen molar-refractivity contribution >= 4 is 11.6 Å². The lowest BCUT2D eigenvalue weighted by Gasteiger charge is -2.27. The number of nitrogens with one attached hydrogen (secondary N) is 1. The number of hydrogen-bond donors (Lipinski definition) is 2. The zero-order chi connectivity index (χ0) is 12.9. The molecule has 0 saturated carbocycles. The fourth-order valence-corrected chi connectivity index (χ4v) is 2.18. The van der Waals surface area contributed by atoms with Crippen LogP contribution in [0.4, 0.5) is 5.69 Å². The number of ether oxygens (including phenoxy) is 2. The van der Waals surface area contributed by atoms with E-state index >= 15 is 0 Å². The van der Waals surface area contributed by atoms with Crippen molar-refractivity contribution in [2.45, 2.75) is 32.0 Å². The maximum atomic E-state index is 11.4. The molecule has 5 heteroatoms. The van der Waals surface area contributed by atoms with Gasteiger partial charge in [0.05, 0.1) is 12.1 Å². The van der Waals surface area contributed by atoms with Crippen LogP contribution in [-0.2, 0) is 11.2 Å². The fraction of sp³-hybridized carbons (Fsp3) is 0.462. The lowest BCUT2D eigenvalue weighted by Crippen LogP contribution is -2.43. The Morgan fingerprint density at radius 1 is 1.44 bits per heavy atom. The third kappa shape index (κ3) is 1.62. The number of anilines is 1. The van der Waals surface area contributed by atoms with Crippen LogP contribution in [0, 0.1) is 0 Å². The summed E-state index contributed by atoms with van der Waals surface area (Å²) in [4.78, 5) is 11.4. The first-order valence-electron chi connectivity index (χ1n) is 5.93. The van der Waals surface area contributed by atoms with Gasteiger partial charge in [-0.3, -0.25) is 4.79 Å². The normalized spacial score (nSPS) is 24.2. The quantitative estimate of drug-likeness (QED) is 0.722. The topological polar surface area (TPSA) is 67.8 Å². The predicted octanol–water partition coefficient (Wildman–Crippen LogP) is 1.09. The molecule has 0 saturated heterocycles. The van der Waals surface area contributed by atoms with E-state index in [1.807, 2.05) is 19.9 Å². The summed E-state index contributed by atoms with van der Waals surface area (Å²) in [6.07, 6.45) is -0.365. The van der Waals surface area contributed by atoms with Crippen molar-refractivity contribution in [2.24, 2.45) is 0 Å². The zero-order valence-corrected chi connectivity index (χ0v) is 10.3. The van der Waals surface area contributed by atoms with Gasteiger partial charge in [-0.15, -0.1) is 0 Å². The third-order valence-corrected chi connectivity index (χ3v) is 3.38. The van der Waals surface area contributed by atoms with E-state index in [0.717, 1.165) is 5.56 Å². The van der Waals surface area contributed by atoms with Crippen LogP contribution < -0.4 is 14.8 Å². The van der Waals surface area contributed by atoms with Gasteiger partial charge in [0.25, 0.3) is 0 Å². The molecule has 1 atom stereocenters. The monoisotopic (exact) mass is 249 g/mol. The van der Waals surface area contributed by atoms with Crippen molar-refractivity contribution in [1.29, 1.82) is 0 Å². The van der Waals surface area contributed by atoms with E-state index in [-0.39, 0.29) is 12.5 Å². The van der Waals surface area contributed by atoms with Crippen LogP contribution in [0.2, 0.25) is 0 Å². The molecule has 0 aromatic heterocycles. The minimum absolute atomic E-state index is 0.0499. The Kier molecular flexibility index (Phi) is 2.28. The van der Waals surface area contributed by atoms with Crippen LogP contribution in [-0.4, -0.2) is 29.3 Å². The molecule has 18 heavy (non-hydrogen) atoms. The molecular weight excluding hydrogens is 234 g/mol. The summed E-state index contributed by atoms with van der Waals surface area (Å²) in [6.45, 7) is 3.76. The minimum Gasteiger partial charge on any atom is -0.485 e. The molecule has 2 aliphatic rings. The molecule has 0 aliphatic carbocycles. The summed E-state index contributed by atoms with van der Waals surface area (Å²) in [5.74, 6) is 1.02. The van der Waals surface area contributed by atoms with Crippen molar-refractivity contribution in [3.63, 3.8) is 0 Å². The Balaban J connectivity index is 2.07. The molecule has 1 aromatic carbocycles. The Morgan fingerprint density at radius 2 is 2.22 bits per heavy atom. The summed E-state index contributed by atoms with van der Waals surface area (Å²) in [7, 11) is 0. The smallest absolute Gasteiger partial charge is 0.228 e. The van der Waals surface area contributed by atoms with Gasteiger partial charge in [0.2, 0.25) is 5.91 Å². The van der Waals surface area contributed by atoms with Gasteiger partial charge in [0, 0.05) is 0 Å². The van der Waals surface area contributed by atoms with Gasteiger partial charge in [0.1, 0.15) is 18.3 Å². The summed E-state index contributed by atoms with van der Waals surface area (Å²) in [5.41, 5.74) is 0.848. The first-order valence-corrected chi connectivity index (χ1v) is 5.93. The van der Waals surface area contributed by atoms with Crippen molar-refractivity contribution in [3.8, 4) is 11.5 Å². The van der Waals surface area contributed by atoms with E-state index in [1.165, 1.54) is 0 Å². The number of hydrogen-bond acceptors (Lipinski definition) is 4. The molecule has 1 unspecified atom stereocenters. The maximum Gasteiger partial charge on any atom is 0.228 e. The largest absolute Gasteiger partial charge is 0.485 e. The molecule has 3 rings (SSSR count). The Bertz CT molecular complexity index is 524. The summed E-state index contributed by atoms with van der Waals surface area (Å²) >= 11 is 0. The van der Waals surface area contributed by atoms with E-state index in [0.29, 0.717) is 23.6 Å². The minimum atomic E-state index is -0.724. The Morgan fingerprint density at radius 3 is 3.00 bits per heavy atom. The number of amides is 1. The highest BCUT2D eigenvalue weighted by Crippen LogP contribution is 2.44. The van der Waals surface area contributed by atoms with Crippen LogP contribution in [0.5, 0.6) is 11.5 Å². The number of rotatable bonds is 0. The zero-order valence-electron chi connectivity index (χ0n) is 10.3. The lowest BCUT2D eigenvalue weighted by atomic mass is 10.0. The highest BCUT2D eigenvalue weighted by molar-refractivity contribution is 6.01. The molecule has 1 amide bonds. The number of aliphatic hydroxyl groups is 1. The van der Waals surface area contributed by atoms with E-state index in [4.69, 9.17) is 9.47 Å². The molecular formula is C13H15NO4. The van der Waals surface area contributed by atoms with Crippen LogP contribution in [0.15, 0.2) is 12.1 Å². The van der Waals surface area contributed by atoms with Gasteiger partial charge >= 0.3 is 0 Å². The second-order valence-electron chi connectivity index (χ2n) is 5.18. The number of benzene rings is 1. The first-order chi connectivity index (χ1) is 8.47. The Labute approximate surface area is 105 Å². The van der Waals surface area contributed by atoms with Gasteiger partial charge in [-0.05, 0) is 25.5 Å². The molecule has 2 aliphatic heterocycles. The van der Waals surface area contributed by atoms with E-state index in [2.05, 4.69) is 5.32 Å². The van der Waals surface area contributed by atoms with E-state index in [1.54, 1.807) is 6.07 Å². The molecule has 2 N–H and O–H groups in total. The van der Waals surface area contributed by atoms with Crippen molar-refractivity contribution in [3.05, 3.63) is 17.7 Å². The van der Waals surface area contributed by atoms with Gasteiger partial charge in [-0.25, -0.2) is 0 Å². The number of aliphatic hydroxyl groups excluding tert-OH is 1. The average Bonchev–Trinajstić information content (AvgIpc) is 2.62. The number of carbonyl (C=O) groups excluding carboxylic acids is 1. The van der Waals surface area contributed by atoms with Gasteiger partial charge < -0.3 is 19.9 Å². The van der Waals surface area contributed by atoms with Crippen molar-refractivity contribution in [2.75, 3.05) is 11.9 Å². The molecule has 96 valence electrons. The molecule has 2 heterocycles. The highest BCUT2D eigenvalue weighted by Gasteiger charge is 2.36. The van der Waals surface area contributed by atoms with Gasteiger partial charge in [-0.1, -0.05) is 6.07 Å². The second-order valence-corrected chi connectivity index (χ2v) is 5.18. The first kappa shape index (κ1) is 11.3. The van der Waals surface area contributed by atoms with Crippen LogP contribution >= 0.6 is 0 Å². The molecule has 0 fully saturated rings. The van der Waals surface area contributed by atoms with Gasteiger partial charge in [-0.2, -0.15) is 0 Å². The van der Waals surface area contributed by atoms with Crippen molar-refractivity contribution < 1.29 is 19.4 Å². The number of carbonyl (C=O) groups is 1. The molecule has 0 spiro atoms. The highest BCUT2D eigenvalue weighted by atomic mass is 16.6. The van der Waals surface area contributed by atoms with Crippen LogP contribution in [0.3, 0.4) is 0 Å². The van der Waals surface area contributed by atoms with Crippen molar-refractivity contribution in [1.82, 2.24) is 0 Å². The van der Waals surface area contributed by atoms with E-state index in [9.17, 15) is 9.90 Å². The summed E-state index contributed by atoms with van der Waals surface area (Å²) in [5, 5.41) is 12.7. The molecule has 0 bridgehead atoms. The molecule has 5 nitrogen and oxygen atoms in total. The maximum absolute atomic E-state index is 11.4. The predicted molar refractivity (Wildman–Crippen MR) is 65.0 cm³/mol. The Hall–Kier alpha value is -1.75. The lowest BCUT2D eigenvalue weighted by molar-refractivity contribution is -0.115. The summed E-state index contributed by atoms with van der Waals surface area (Å²) < 4.78 is 11.4. The second kappa shape index (κ2) is 3.62. The molecule has 0 radical (unpaired) electrons. The SMILES string of the molecule is CC1(C)Oc2ccc3c(c2OCC1O)NC(=O)C3. The molecule has 1 aromatic rings. The summed E-state index contributed by atoms with van der Waals surface area (Å²) in [6, 6.07) is 3.64. The number of fused-ring (bicyclic) bond motifs is 3. The fourth-order valence-electron chi connectivity index (χ4n) is 2.18. The standard InChI is InChI=1S/C13H15NO4/c1-13(2)9(15)6-17-12-8(18-13)4-3-7-5-10(16)14-11(7)12/h3-4,9,15H,5-6H2,1-2H3,(H,14,16). The van der Waals surface area contributed by atoms with E-state index < -0.39 is 11.7 Å². The third-order valence-electron chi connectivity index (χ3n) is 3.38. The van der Waals surface area contributed by atoms with Crippen LogP contribution in [0.1, 0.15) is 19.4 Å². The van der Waals surface area contributed by atoms with Crippen LogP contribution in [0.25, 0.3) is 0 Å². The van der Waals surface area contributed by atoms with Gasteiger partial charge in [0.15, 0.2) is 11.5 Å². The average molecular weight is 249 g/mol.